The van der Waals surface area contributed by atoms with E-state index in [4.69, 9.17) is 0 Å². The summed E-state index contributed by atoms with van der Waals surface area (Å²) in [5.74, 6) is 0.859. The van der Waals surface area contributed by atoms with Gasteiger partial charge in [0.1, 0.15) is 0 Å². The monoisotopic (exact) mass is 226 g/mol. The van der Waals surface area contributed by atoms with E-state index in [9.17, 15) is 4.79 Å². The SMILES string of the molecule is CCCCC(CC)CNC(=O)C1CCCN1. The molecule has 2 N–H and O–H groups in total. The second-order valence-electron chi connectivity index (χ2n) is 4.81. The van der Waals surface area contributed by atoms with Crippen LogP contribution in [0.4, 0.5) is 0 Å². The van der Waals surface area contributed by atoms with Crippen molar-refractivity contribution in [1.29, 1.82) is 0 Å². The van der Waals surface area contributed by atoms with Crippen molar-refractivity contribution >= 4 is 5.91 Å². The summed E-state index contributed by atoms with van der Waals surface area (Å²) >= 11 is 0. The summed E-state index contributed by atoms with van der Waals surface area (Å²) < 4.78 is 0. The highest BCUT2D eigenvalue weighted by Crippen LogP contribution is 2.11. The minimum atomic E-state index is 0.0729. The average molecular weight is 226 g/mol. The van der Waals surface area contributed by atoms with Crippen molar-refractivity contribution in [3.05, 3.63) is 0 Å². The smallest absolute Gasteiger partial charge is 0.237 e. The zero-order valence-corrected chi connectivity index (χ0v) is 10.7. The highest BCUT2D eigenvalue weighted by atomic mass is 16.2. The molecule has 0 aromatic carbocycles. The highest BCUT2D eigenvalue weighted by molar-refractivity contribution is 5.81. The molecule has 0 radical (unpaired) electrons. The van der Waals surface area contributed by atoms with Crippen molar-refractivity contribution in [2.45, 2.75) is 58.4 Å². The van der Waals surface area contributed by atoms with Crippen LogP contribution in [0.3, 0.4) is 0 Å². The number of carbonyl (C=O) groups is 1. The maximum atomic E-state index is 11.8. The molecule has 0 aromatic heterocycles. The molecule has 1 aliphatic rings. The molecular weight excluding hydrogens is 200 g/mol. The maximum Gasteiger partial charge on any atom is 0.237 e. The van der Waals surface area contributed by atoms with Gasteiger partial charge in [-0.2, -0.15) is 0 Å². The third kappa shape index (κ3) is 4.52. The Labute approximate surface area is 99.4 Å². The molecule has 1 amide bonds. The van der Waals surface area contributed by atoms with Gasteiger partial charge < -0.3 is 10.6 Å². The third-order valence-electron chi connectivity index (χ3n) is 3.49. The van der Waals surface area contributed by atoms with Gasteiger partial charge in [0.2, 0.25) is 5.91 Å². The second kappa shape index (κ2) is 7.66. The number of nitrogens with one attached hydrogen (secondary N) is 2. The molecule has 3 nitrogen and oxygen atoms in total. The predicted molar refractivity (Wildman–Crippen MR) is 67.3 cm³/mol. The topological polar surface area (TPSA) is 41.1 Å². The van der Waals surface area contributed by atoms with Gasteiger partial charge in [0.15, 0.2) is 0 Å². The van der Waals surface area contributed by atoms with Crippen molar-refractivity contribution in [3.63, 3.8) is 0 Å². The van der Waals surface area contributed by atoms with Crippen molar-refractivity contribution in [3.8, 4) is 0 Å². The van der Waals surface area contributed by atoms with Crippen molar-refractivity contribution in [1.82, 2.24) is 10.6 Å². The predicted octanol–water partition coefficient (Wildman–Crippen LogP) is 2.07. The van der Waals surface area contributed by atoms with E-state index in [2.05, 4.69) is 24.5 Å². The lowest BCUT2D eigenvalue weighted by Gasteiger charge is -2.17. The Morgan fingerprint density at radius 3 is 2.88 bits per heavy atom. The number of rotatable bonds is 7. The van der Waals surface area contributed by atoms with Crippen molar-refractivity contribution in [2.24, 2.45) is 5.92 Å². The summed E-state index contributed by atoms with van der Waals surface area (Å²) in [7, 11) is 0. The first-order valence-corrected chi connectivity index (χ1v) is 6.79. The summed E-state index contributed by atoms with van der Waals surface area (Å²) in [4.78, 5) is 11.8. The first-order valence-electron chi connectivity index (χ1n) is 6.79. The van der Waals surface area contributed by atoms with Crippen LogP contribution in [-0.4, -0.2) is 25.0 Å². The van der Waals surface area contributed by atoms with Crippen LogP contribution < -0.4 is 10.6 Å². The molecule has 1 fully saturated rings. The van der Waals surface area contributed by atoms with E-state index in [1.165, 1.54) is 25.7 Å². The Morgan fingerprint density at radius 1 is 1.50 bits per heavy atom. The highest BCUT2D eigenvalue weighted by Gasteiger charge is 2.21. The number of unbranched alkanes of at least 4 members (excludes halogenated alkanes) is 1. The van der Waals surface area contributed by atoms with Crippen LogP contribution in [0.15, 0.2) is 0 Å². The lowest BCUT2D eigenvalue weighted by molar-refractivity contribution is -0.123. The van der Waals surface area contributed by atoms with Crippen molar-refractivity contribution < 1.29 is 4.79 Å². The molecule has 1 aliphatic heterocycles. The van der Waals surface area contributed by atoms with Gasteiger partial charge in [0, 0.05) is 6.54 Å². The van der Waals surface area contributed by atoms with Crippen LogP contribution in [0.25, 0.3) is 0 Å². The van der Waals surface area contributed by atoms with E-state index in [0.29, 0.717) is 5.92 Å². The third-order valence-corrected chi connectivity index (χ3v) is 3.49. The Bertz CT molecular complexity index is 200. The number of hydrogen-bond donors (Lipinski definition) is 2. The zero-order valence-electron chi connectivity index (χ0n) is 10.7. The standard InChI is InChI=1S/C13H26N2O/c1-3-5-7-11(4-2)10-15-13(16)12-8-6-9-14-12/h11-12,14H,3-10H2,1-2H3,(H,15,16). The lowest BCUT2D eigenvalue weighted by atomic mass is 9.99. The number of carbonyl (C=O) groups excluding carboxylic acids is 1. The van der Waals surface area contributed by atoms with Gasteiger partial charge in [-0.15, -0.1) is 0 Å². The molecule has 2 atom stereocenters. The van der Waals surface area contributed by atoms with E-state index in [1.54, 1.807) is 0 Å². The van der Waals surface area contributed by atoms with Crippen LogP contribution in [-0.2, 0) is 4.79 Å². The van der Waals surface area contributed by atoms with Gasteiger partial charge in [-0.25, -0.2) is 0 Å². The molecular formula is C13H26N2O. The quantitative estimate of drug-likeness (QED) is 0.698. The van der Waals surface area contributed by atoms with E-state index >= 15 is 0 Å². The van der Waals surface area contributed by atoms with Crippen molar-refractivity contribution in [2.75, 3.05) is 13.1 Å². The molecule has 0 aliphatic carbocycles. The summed E-state index contributed by atoms with van der Waals surface area (Å²) in [6, 6.07) is 0.0729. The molecule has 0 bridgehead atoms. The summed E-state index contributed by atoms with van der Waals surface area (Å²) in [5, 5.41) is 6.31. The molecule has 94 valence electrons. The van der Waals surface area contributed by atoms with Gasteiger partial charge in [-0.05, 0) is 31.7 Å². The Balaban J connectivity index is 2.17. The Hall–Kier alpha value is -0.570. The molecule has 0 aromatic rings. The molecule has 2 unspecified atom stereocenters. The number of hydrogen-bond acceptors (Lipinski definition) is 2. The minimum absolute atomic E-state index is 0.0729. The fourth-order valence-corrected chi connectivity index (χ4v) is 2.22. The molecule has 0 spiro atoms. The molecule has 16 heavy (non-hydrogen) atoms. The molecule has 1 heterocycles. The zero-order chi connectivity index (χ0) is 11.8. The molecule has 1 rings (SSSR count). The fourth-order valence-electron chi connectivity index (χ4n) is 2.22. The van der Waals surface area contributed by atoms with Gasteiger partial charge in [-0.1, -0.05) is 33.1 Å². The second-order valence-corrected chi connectivity index (χ2v) is 4.81. The van der Waals surface area contributed by atoms with Gasteiger partial charge >= 0.3 is 0 Å². The van der Waals surface area contributed by atoms with E-state index in [-0.39, 0.29) is 11.9 Å². The normalized spacial score (nSPS) is 22.0. The van der Waals surface area contributed by atoms with Crippen LogP contribution >= 0.6 is 0 Å². The fraction of sp³-hybridized carbons (Fsp3) is 0.923. The van der Waals surface area contributed by atoms with Gasteiger partial charge in [-0.3, -0.25) is 4.79 Å². The van der Waals surface area contributed by atoms with Crippen LogP contribution in [0, 0.1) is 5.92 Å². The van der Waals surface area contributed by atoms with Gasteiger partial charge in [0.25, 0.3) is 0 Å². The van der Waals surface area contributed by atoms with E-state index in [1.807, 2.05) is 0 Å². The molecule has 1 saturated heterocycles. The first kappa shape index (κ1) is 13.5. The number of amides is 1. The van der Waals surface area contributed by atoms with Crippen LogP contribution in [0.2, 0.25) is 0 Å². The van der Waals surface area contributed by atoms with Crippen LogP contribution in [0.1, 0.15) is 52.4 Å². The maximum absolute atomic E-state index is 11.8. The molecule has 0 saturated carbocycles. The summed E-state index contributed by atoms with van der Waals surface area (Å²) in [5.41, 5.74) is 0. The van der Waals surface area contributed by atoms with Gasteiger partial charge in [0.05, 0.1) is 6.04 Å². The van der Waals surface area contributed by atoms with E-state index in [0.717, 1.165) is 25.9 Å². The lowest BCUT2D eigenvalue weighted by Crippen LogP contribution is -2.42. The Morgan fingerprint density at radius 2 is 2.31 bits per heavy atom. The molecule has 3 heteroatoms. The van der Waals surface area contributed by atoms with E-state index < -0.39 is 0 Å². The average Bonchev–Trinajstić information content (AvgIpc) is 2.82. The summed E-state index contributed by atoms with van der Waals surface area (Å²) in [6.07, 6.45) is 7.05. The Kier molecular flexibility index (Phi) is 6.46. The first-order chi connectivity index (χ1) is 7.77. The van der Waals surface area contributed by atoms with Crippen LogP contribution in [0.5, 0.6) is 0 Å². The minimum Gasteiger partial charge on any atom is -0.354 e. The summed E-state index contributed by atoms with van der Waals surface area (Å²) in [6.45, 7) is 6.27. The largest absolute Gasteiger partial charge is 0.354 e.